The van der Waals surface area contributed by atoms with Crippen LogP contribution in [0, 0.1) is 5.41 Å². The first kappa shape index (κ1) is 13.8. The van der Waals surface area contributed by atoms with Crippen molar-refractivity contribution >= 4 is 15.9 Å². The fraction of sp³-hybridized carbons (Fsp3) is 0.600. The smallest absolute Gasteiger partial charge is 0.0175 e. The average molecular weight is 283 g/mol. The Morgan fingerprint density at radius 2 is 1.69 bits per heavy atom. The van der Waals surface area contributed by atoms with Gasteiger partial charge in [-0.1, -0.05) is 68.6 Å². The molecule has 0 aromatic heterocycles. The summed E-state index contributed by atoms with van der Waals surface area (Å²) < 4.78 is 1.17. The number of rotatable bonds is 4. The summed E-state index contributed by atoms with van der Waals surface area (Å²) in [6.45, 7) is 9.29. The number of hydrogen-bond acceptors (Lipinski definition) is 0. The van der Waals surface area contributed by atoms with Gasteiger partial charge in [-0.25, -0.2) is 0 Å². The SMILES string of the molecule is CCCCC(c1ccc(Br)cc1)C(C)(C)C. The molecule has 0 aliphatic rings. The molecule has 90 valence electrons. The molecule has 0 N–H and O–H groups in total. The summed E-state index contributed by atoms with van der Waals surface area (Å²) in [4.78, 5) is 0. The Morgan fingerprint density at radius 3 is 2.12 bits per heavy atom. The Bertz CT molecular complexity index is 305. The predicted molar refractivity (Wildman–Crippen MR) is 75.9 cm³/mol. The zero-order valence-corrected chi connectivity index (χ0v) is 12.5. The maximum atomic E-state index is 3.50. The molecule has 1 unspecified atom stereocenters. The van der Waals surface area contributed by atoms with Crippen molar-refractivity contribution < 1.29 is 0 Å². The van der Waals surface area contributed by atoms with Gasteiger partial charge in [0.25, 0.3) is 0 Å². The molecular weight excluding hydrogens is 260 g/mol. The summed E-state index contributed by atoms with van der Waals surface area (Å²) in [6, 6.07) is 8.82. The van der Waals surface area contributed by atoms with Gasteiger partial charge in [-0.15, -0.1) is 0 Å². The lowest BCUT2D eigenvalue weighted by molar-refractivity contribution is 0.299. The van der Waals surface area contributed by atoms with Gasteiger partial charge in [0.05, 0.1) is 0 Å². The predicted octanol–water partition coefficient (Wildman–Crippen LogP) is 5.77. The number of hydrogen-bond donors (Lipinski definition) is 0. The van der Waals surface area contributed by atoms with Crippen LogP contribution < -0.4 is 0 Å². The van der Waals surface area contributed by atoms with E-state index in [1.54, 1.807) is 0 Å². The Kier molecular flexibility index (Phi) is 5.04. The van der Waals surface area contributed by atoms with Crippen molar-refractivity contribution in [3.8, 4) is 0 Å². The van der Waals surface area contributed by atoms with Crippen molar-refractivity contribution in [2.75, 3.05) is 0 Å². The van der Waals surface area contributed by atoms with Gasteiger partial charge < -0.3 is 0 Å². The molecule has 1 atom stereocenters. The molecule has 1 heteroatoms. The molecule has 0 bridgehead atoms. The van der Waals surface area contributed by atoms with Crippen LogP contribution in [0.4, 0.5) is 0 Å². The lowest BCUT2D eigenvalue weighted by Crippen LogP contribution is -2.18. The van der Waals surface area contributed by atoms with Crippen LogP contribution in [0.15, 0.2) is 28.7 Å². The summed E-state index contributed by atoms with van der Waals surface area (Å²) in [5, 5.41) is 0. The Morgan fingerprint density at radius 1 is 1.12 bits per heavy atom. The molecule has 0 amide bonds. The van der Waals surface area contributed by atoms with Crippen LogP contribution in [0.5, 0.6) is 0 Å². The quantitative estimate of drug-likeness (QED) is 0.658. The van der Waals surface area contributed by atoms with Gasteiger partial charge in [-0.05, 0) is 35.4 Å². The molecule has 1 aromatic rings. The first-order chi connectivity index (χ1) is 7.45. The molecule has 1 aromatic carbocycles. The third-order valence-corrected chi connectivity index (χ3v) is 3.69. The van der Waals surface area contributed by atoms with E-state index in [0.717, 1.165) is 0 Å². The molecule has 0 heterocycles. The van der Waals surface area contributed by atoms with Crippen LogP contribution in [0.3, 0.4) is 0 Å². The fourth-order valence-electron chi connectivity index (χ4n) is 2.20. The molecule has 0 nitrogen and oxygen atoms in total. The van der Waals surface area contributed by atoms with E-state index < -0.39 is 0 Å². The highest BCUT2D eigenvalue weighted by atomic mass is 79.9. The van der Waals surface area contributed by atoms with Crippen molar-refractivity contribution in [2.45, 2.75) is 52.9 Å². The zero-order valence-electron chi connectivity index (χ0n) is 10.9. The molecule has 0 spiro atoms. The molecule has 0 aliphatic heterocycles. The van der Waals surface area contributed by atoms with Gasteiger partial charge in [-0.2, -0.15) is 0 Å². The van der Waals surface area contributed by atoms with Crippen LogP contribution in [-0.2, 0) is 0 Å². The van der Waals surface area contributed by atoms with E-state index in [4.69, 9.17) is 0 Å². The normalized spacial score (nSPS) is 13.8. The Balaban J connectivity index is 2.88. The molecule has 0 saturated carbocycles. The third kappa shape index (κ3) is 3.93. The number of benzene rings is 1. The van der Waals surface area contributed by atoms with E-state index in [9.17, 15) is 0 Å². The highest BCUT2D eigenvalue weighted by molar-refractivity contribution is 9.10. The second-order valence-corrected chi connectivity index (χ2v) is 6.53. The van der Waals surface area contributed by atoms with E-state index in [0.29, 0.717) is 11.3 Å². The lowest BCUT2D eigenvalue weighted by Gasteiger charge is -2.31. The van der Waals surface area contributed by atoms with E-state index in [2.05, 4.69) is 67.9 Å². The molecule has 0 fully saturated rings. The van der Waals surface area contributed by atoms with Gasteiger partial charge in [-0.3, -0.25) is 0 Å². The molecule has 0 saturated heterocycles. The molecule has 0 radical (unpaired) electrons. The number of halogens is 1. The van der Waals surface area contributed by atoms with Gasteiger partial charge >= 0.3 is 0 Å². The van der Waals surface area contributed by atoms with Crippen molar-refractivity contribution in [3.63, 3.8) is 0 Å². The van der Waals surface area contributed by atoms with Crippen molar-refractivity contribution in [1.82, 2.24) is 0 Å². The van der Waals surface area contributed by atoms with Gasteiger partial charge in [0.15, 0.2) is 0 Å². The van der Waals surface area contributed by atoms with E-state index >= 15 is 0 Å². The third-order valence-electron chi connectivity index (χ3n) is 3.16. The van der Waals surface area contributed by atoms with Crippen molar-refractivity contribution in [3.05, 3.63) is 34.3 Å². The molecule has 1 rings (SSSR count). The molecule has 16 heavy (non-hydrogen) atoms. The maximum absolute atomic E-state index is 3.50. The second-order valence-electron chi connectivity index (χ2n) is 5.61. The standard InChI is InChI=1S/C15H23Br/c1-5-6-7-14(15(2,3)4)12-8-10-13(16)11-9-12/h8-11,14H,5-7H2,1-4H3. The minimum atomic E-state index is 0.350. The van der Waals surface area contributed by atoms with E-state index in [1.807, 2.05) is 0 Å². The summed E-state index contributed by atoms with van der Waals surface area (Å²) >= 11 is 3.50. The fourth-order valence-corrected chi connectivity index (χ4v) is 2.47. The largest absolute Gasteiger partial charge is 0.0654 e. The minimum Gasteiger partial charge on any atom is -0.0654 e. The summed E-state index contributed by atoms with van der Waals surface area (Å²) in [7, 11) is 0. The molecule has 0 aliphatic carbocycles. The van der Waals surface area contributed by atoms with Crippen molar-refractivity contribution in [2.24, 2.45) is 5.41 Å². The average Bonchev–Trinajstić information content (AvgIpc) is 2.19. The second kappa shape index (κ2) is 5.86. The lowest BCUT2D eigenvalue weighted by atomic mass is 9.74. The van der Waals surface area contributed by atoms with Crippen LogP contribution in [0.25, 0.3) is 0 Å². The highest BCUT2D eigenvalue weighted by Gasteiger charge is 2.25. The highest BCUT2D eigenvalue weighted by Crippen LogP contribution is 2.39. The van der Waals surface area contributed by atoms with Gasteiger partial charge in [0.1, 0.15) is 0 Å². The van der Waals surface area contributed by atoms with Crippen LogP contribution in [0.1, 0.15) is 58.4 Å². The van der Waals surface area contributed by atoms with Crippen LogP contribution in [0.2, 0.25) is 0 Å². The van der Waals surface area contributed by atoms with Crippen LogP contribution >= 0.6 is 15.9 Å². The summed E-state index contributed by atoms with van der Waals surface area (Å²) in [6.07, 6.45) is 3.89. The zero-order chi connectivity index (χ0) is 12.2. The van der Waals surface area contributed by atoms with E-state index in [1.165, 1.54) is 29.3 Å². The van der Waals surface area contributed by atoms with E-state index in [-0.39, 0.29) is 0 Å². The Labute approximate surface area is 109 Å². The summed E-state index contributed by atoms with van der Waals surface area (Å²) in [5.41, 5.74) is 1.83. The number of unbranched alkanes of at least 4 members (excludes halogenated alkanes) is 1. The summed E-state index contributed by atoms with van der Waals surface area (Å²) in [5.74, 6) is 0.667. The Hall–Kier alpha value is -0.300. The minimum absolute atomic E-state index is 0.350. The van der Waals surface area contributed by atoms with Crippen molar-refractivity contribution in [1.29, 1.82) is 0 Å². The maximum Gasteiger partial charge on any atom is 0.0175 e. The topological polar surface area (TPSA) is 0 Å². The first-order valence-corrected chi connectivity index (χ1v) is 7.00. The van der Waals surface area contributed by atoms with Crippen LogP contribution in [-0.4, -0.2) is 0 Å². The monoisotopic (exact) mass is 282 g/mol. The van der Waals surface area contributed by atoms with Gasteiger partial charge in [0.2, 0.25) is 0 Å². The van der Waals surface area contributed by atoms with Gasteiger partial charge in [0, 0.05) is 4.47 Å². The first-order valence-electron chi connectivity index (χ1n) is 6.20. The molecular formula is C15H23Br.